The van der Waals surface area contributed by atoms with E-state index >= 15 is 0 Å². The third kappa shape index (κ3) is 3.62. The number of carbonyl (C=O) groups excluding carboxylic acids is 1. The number of ether oxygens (including phenoxy) is 2. The van der Waals surface area contributed by atoms with E-state index in [0.717, 1.165) is 11.3 Å². The van der Waals surface area contributed by atoms with Crippen molar-refractivity contribution in [3.63, 3.8) is 0 Å². The number of aryl methyl sites for hydroxylation is 1. The highest BCUT2D eigenvalue weighted by Crippen LogP contribution is 2.26. The molecule has 1 aromatic heterocycles. The normalized spacial score (nSPS) is 10.7. The Morgan fingerprint density at radius 1 is 1.38 bits per heavy atom. The lowest BCUT2D eigenvalue weighted by molar-refractivity contribution is 0.0490. The first-order chi connectivity index (χ1) is 10.0. The van der Waals surface area contributed by atoms with Crippen LogP contribution in [-0.4, -0.2) is 23.7 Å². The quantitative estimate of drug-likeness (QED) is 0.787. The molecule has 0 aliphatic heterocycles. The summed E-state index contributed by atoms with van der Waals surface area (Å²) in [4.78, 5) is 16.0. The third-order valence-corrected chi connectivity index (χ3v) is 2.71. The maximum atomic E-state index is 11.7. The van der Waals surface area contributed by atoms with Crippen molar-refractivity contribution in [2.24, 2.45) is 0 Å². The first kappa shape index (κ1) is 15.1. The Morgan fingerprint density at radius 2 is 2.14 bits per heavy atom. The number of hydrogen-bond acceptors (Lipinski definition) is 5. The molecule has 21 heavy (non-hydrogen) atoms. The molecule has 0 fully saturated rings. The Balaban J connectivity index is 2.30. The SMILES string of the molecule is CCOC(=O)c1oc(-c2cccc(OC(C)C)c2)nc1C. The zero-order valence-electron chi connectivity index (χ0n) is 12.7. The highest BCUT2D eigenvalue weighted by Gasteiger charge is 2.19. The number of nitrogens with zero attached hydrogens (tertiary/aromatic N) is 1. The van der Waals surface area contributed by atoms with E-state index in [0.29, 0.717) is 18.2 Å². The van der Waals surface area contributed by atoms with Crippen LogP contribution in [0.3, 0.4) is 0 Å². The first-order valence-corrected chi connectivity index (χ1v) is 6.93. The Kier molecular flexibility index (Phi) is 4.62. The van der Waals surface area contributed by atoms with E-state index in [1.54, 1.807) is 13.8 Å². The summed E-state index contributed by atoms with van der Waals surface area (Å²) in [7, 11) is 0. The van der Waals surface area contributed by atoms with Gasteiger partial charge in [0.1, 0.15) is 5.75 Å². The molecule has 0 N–H and O–H groups in total. The van der Waals surface area contributed by atoms with Crippen LogP contribution in [0, 0.1) is 6.92 Å². The van der Waals surface area contributed by atoms with Crippen LogP contribution in [0.15, 0.2) is 28.7 Å². The van der Waals surface area contributed by atoms with Crippen LogP contribution in [0.1, 0.15) is 37.0 Å². The molecule has 112 valence electrons. The van der Waals surface area contributed by atoms with E-state index in [1.165, 1.54) is 0 Å². The number of esters is 1. The van der Waals surface area contributed by atoms with Gasteiger partial charge < -0.3 is 13.9 Å². The molecule has 2 rings (SSSR count). The zero-order chi connectivity index (χ0) is 15.4. The Morgan fingerprint density at radius 3 is 2.81 bits per heavy atom. The van der Waals surface area contributed by atoms with Crippen molar-refractivity contribution in [3.05, 3.63) is 35.7 Å². The van der Waals surface area contributed by atoms with Crippen molar-refractivity contribution in [3.8, 4) is 17.2 Å². The summed E-state index contributed by atoms with van der Waals surface area (Å²) in [5, 5.41) is 0. The average molecular weight is 289 g/mol. The molecule has 0 spiro atoms. The van der Waals surface area contributed by atoms with Crippen molar-refractivity contribution in [2.45, 2.75) is 33.8 Å². The monoisotopic (exact) mass is 289 g/mol. The summed E-state index contributed by atoms with van der Waals surface area (Å²) in [6, 6.07) is 7.41. The van der Waals surface area contributed by atoms with Gasteiger partial charge in [0.15, 0.2) is 0 Å². The maximum absolute atomic E-state index is 11.7. The highest BCUT2D eigenvalue weighted by molar-refractivity contribution is 5.87. The van der Waals surface area contributed by atoms with Gasteiger partial charge in [0.05, 0.1) is 18.4 Å². The van der Waals surface area contributed by atoms with Gasteiger partial charge >= 0.3 is 5.97 Å². The number of oxazole rings is 1. The van der Waals surface area contributed by atoms with E-state index in [4.69, 9.17) is 13.9 Å². The summed E-state index contributed by atoms with van der Waals surface area (Å²) in [5.41, 5.74) is 1.27. The van der Waals surface area contributed by atoms with Crippen molar-refractivity contribution < 1.29 is 18.7 Å². The minimum atomic E-state index is -0.497. The van der Waals surface area contributed by atoms with Crippen molar-refractivity contribution in [1.29, 1.82) is 0 Å². The number of benzene rings is 1. The van der Waals surface area contributed by atoms with E-state index in [-0.39, 0.29) is 11.9 Å². The van der Waals surface area contributed by atoms with E-state index < -0.39 is 5.97 Å². The molecule has 1 heterocycles. The predicted molar refractivity (Wildman–Crippen MR) is 78.4 cm³/mol. The Labute approximate surface area is 123 Å². The summed E-state index contributed by atoms with van der Waals surface area (Å²) < 4.78 is 16.1. The van der Waals surface area contributed by atoms with Gasteiger partial charge in [-0.2, -0.15) is 0 Å². The lowest BCUT2D eigenvalue weighted by Crippen LogP contribution is -2.05. The zero-order valence-corrected chi connectivity index (χ0v) is 12.7. The van der Waals surface area contributed by atoms with E-state index in [2.05, 4.69) is 4.98 Å². The largest absolute Gasteiger partial charge is 0.491 e. The minimum Gasteiger partial charge on any atom is -0.491 e. The first-order valence-electron chi connectivity index (χ1n) is 6.93. The van der Waals surface area contributed by atoms with Crippen LogP contribution in [0.4, 0.5) is 0 Å². The van der Waals surface area contributed by atoms with Gasteiger partial charge in [0.25, 0.3) is 0 Å². The second kappa shape index (κ2) is 6.43. The van der Waals surface area contributed by atoms with Gasteiger partial charge in [-0.25, -0.2) is 9.78 Å². The molecule has 2 aromatic rings. The summed E-state index contributed by atoms with van der Waals surface area (Å²) in [5.74, 6) is 0.756. The number of carbonyl (C=O) groups is 1. The summed E-state index contributed by atoms with van der Waals surface area (Å²) in [6.07, 6.45) is 0.0849. The molecule has 0 amide bonds. The minimum absolute atomic E-state index is 0.0849. The molecular weight excluding hydrogens is 270 g/mol. The molecule has 0 aliphatic carbocycles. The van der Waals surface area contributed by atoms with Crippen LogP contribution in [0.5, 0.6) is 5.75 Å². The molecule has 0 unspecified atom stereocenters. The molecule has 5 heteroatoms. The molecule has 0 atom stereocenters. The van der Waals surface area contributed by atoms with E-state index in [1.807, 2.05) is 38.1 Å². The van der Waals surface area contributed by atoms with Crippen molar-refractivity contribution in [1.82, 2.24) is 4.98 Å². The van der Waals surface area contributed by atoms with Gasteiger partial charge in [-0.1, -0.05) is 6.07 Å². The summed E-state index contributed by atoms with van der Waals surface area (Å²) >= 11 is 0. The lowest BCUT2D eigenvalue weighted by Gasteiger charge is -2.09. The van der Waals surface area contributed by atoms with Gasteiger partial charge in [-0.15, -0.1) is 0 Å². The number of aromatic nitrogens is 1. The number of rotatable bonds is 5. The standard InChI is InChI=1S/C16H19NO4/c1-5-19-16(18)14-11(4)17-15(21-14)12-7-6-8-13(9-12)20-10(2)3/h6-10H,5H2,1-4H3. The lowest BCUT2D eigenvalue weighted by atomic mass is 10.2. The smallest absolute Gasteiger partial charge is 0.376 e. The van der Waals surface area contributed by atoms with Gasteiger partial charge in [0, 0.05) is 5.56 Å². The van der Waals surface area contributed by atoms with Crippen molar-refractivity contribution in [2.75, 3.05) is 6.61 Å². The number of hydrogen-bond donors (Lipinski definition) is 0. The second-order valence-electron chi connectivity index (χ2n) is 4.85. The molecule has 0 aliphatic rings. The van der Waals surface area contributed by atoms with E-state index in [9.17, 15) is 4.79 Å². The van der Waals surface area contributed by atoms with Gasteiger partial charge in [-0.3, -0.25) is 0 Å². The molecular formula is C16H19NO4. The molecule has 0 bridgehead atoms. The summed E-state index contributed by atoms with van der Waals surface area (Å²) in [6.45, 7) is 7.68. The van der Waals surface area contributed by atoms with Gasteiger partial charge in [-0.05, 0) is 45.9 Å². The average Bonchev–Trinajstić information content (AvgIpc) is 2.81. The van der Waals surface area contributed by atoms with Crippen LogP contribution >= 0.6 is 0 Å². The predicted octanol–water partition coefficient (Wildman–Crippen LogP) is 3.61. The Hall–Kier alpha value is -2.30. The molecule has 5 nitrogen and oxygen atoms in total. The molecule has 1 aromatic carbocycles. The fraction of sp³-hybridized carbons (Fsp3) is 0.375. The van der Waals surface area contributed by atoms with Crippen LogP contribution in [0.2, 0.25) is 0 Å². The van der Waals surface area contributed by atoms with Gasteiger partial charge in [0.2, 0.25) is 11.7 Å². The maximum Gasteiger partial charge on any atom is 0.376 e. The fourth-order valence-corrected chi connectivity index (χ4v) is 1.88. The topological polar surface area (TPSA) is 61.6 Å². The van der Waals surface area contributed by atoms with Crippen LogP contribution < -0.4 is 4.74 Å². The van der Waals surface area contributed by atoms with Crippen molar-refractivity contribution >= 4 is 5.97 Å². The molecule has 0 saturated heterocycles. The second-order valence-corrected chi connectivity index (χ2v) is 4.85. The fourth-order valence-electron chi connectivity index (χ4n) is 1.88. The molecule has 0 radical (unpaired) electrons. The highest BCUT2D eigenvalue weighted by atomic mass is 16.5. The third-order valence-electron chi connectivity index (χ3n) is 2.71. The molecule has 0 saturated carbocycles. The van der Waals surface area contributed by atoms with Crippen LogP contribution in [0.25, 0.3) is 11.5 Å². The Bertz CT molecular complexity index is 631. The van der Waals surface area contributed by atoms with Crippen LogP contribution in [-0.2, 0) is 4.74 Å².